The smallest absolute Gasteiger partial charge is 0.294 e. The molecule has 0 saturated carbocycles. The minimum atomic E-state index is -4.33. The molecule has 25 heavy (non-hydrogen) atoms. The number of benzene rings is 2. The first kappa shape index (κ1) is 16.6. The molecule has 0 atom stereocenters. The molecule has 0 unspecified atom stereocenters. The molecule has 0 saturated heterocycles. The van der Waals surface area contributed by atoms with Crippen LogP contribution in [-0.2, 0) is 10.1 Å². The Morgan fingerprint density at radius 1 is 1.12 bits per heavy atom. The third-order valence-electron chi connectivity index (χ3n) is 3.39. The van der Waals surface area contributed by atoms with Crippen LogP contribution in [0.5, 0.6) is 0 Å². The lowest BCUT2D eigenvalue weighted by molar-refractivity contribution is 0.0987. The van der Waals surface area contributed by atoms with E-state index >= 15 is 0 Å². The minimum Gasteiger partial charge on any atom is -0.363 e. The molecule has 0 spiro atoms. The SMILES string of the molecule is NC(=O)c1nc2ccccc2c(=O)n1Nc1ccc(S(=O)(=O)O)cc1. The summed E-state index contributed by atoms with van der Waals surface area (Å²) in [5, 5.41) is 0.273. The number of rotatable bonds is 4. The molecule has 128 valence electrons. The van der Waals surface area contributed by atoms with Crippen molar-refractivity contribution in [3.8, 4) is 0 Å². The average molecular weight is 360 g/mol. The molecule has 0 bridgehead atoms. The Hall–Kier alpha value is -3.24. The fourth-order valence-electron chi connectivity index (χ4n) is 2.23. The summed E-state index contributed by atoms with van der Waals surface area (Å²) in [4.78, 5) is 28.0. The van der Waals surface area contributed by atoms with Crippen molar-refractivity contribution in [2.45, 2.75) is 4.90 Å². The van der Waals surface area contributed by atoms with E-state index in [-0.39, 0.29) is 21.8 Å². The van der Waals surface area contributed by atoms with Crippen molar-refractivity contribution in [1.82, 2.24) is 9.66 Å². The summed E-state index contributed by atoms with van der Waals surface area (Å²) in [6.07, 6.45) is 0. The van der Waals surface area contributed by atoms with E-state index in [9.17, 15) is 18.0 Å². The lowest BCUT2D eigenvalue weighted by atomic mass is 10.2. The van der Waals surface area contributed by atoms with Crippen molar-refractivity contribution in [1.29, 1.82) is 0 Å². The van der Waals surface area contributed by atoms with E-state index in [4.69, 9.17) is 10.3 Å². The quantitative estimate of drug-likeness (QED) is 0.578. The number of fused-ring (bicyclic) bond motifs is 1. The van der Waals surface area contributed by atoms with Gasteiger partial charge in [0, 0.05) is 0 Å². The van der Waals surface area contributed by atoms with E-state index in [1.165, 1.54) is 12.1 Å². The van der Waals surface area contributed by atoms with Crippen molar-refractivity contribution >= 4 is 32.6 Å². The van der Waals surface area contributed by atoms with Crippen LogP contribution in [0, 0.1) is 0 Å². The number of anilines is 1. The fraction of sp³-hybridized carbons (Fsp3) is 0. The van der Waals surface area contributed by atoms with Crippen LogP contribution in [0.3, 0.4) is 0 Å². The maximum absolute atomic E-state index is 12.6. The van der Waals surface area contributed by atoms with Crippen LogP contribution in [0.2, 0.25) is 0 Å². The van der Waals surface area contributed by atoms with Crippen molar-refractivity contribution in [3.63, 3.8) is 0 Å². The lowest BCUT2D eigenvalue weighted by Gasteiger charge is -2.13. The first-order valence-corrected chi connectivity index (χ1v) is 8.37. The monoisotopic (exact) mass is 360 g/mol. The average Bonchev–Trinajstić information content (AvgIpc) is 2.56. The van der Waals surface area contributed by atoms with Crippen LogP contribution in [0.25, 0.3) is 10.9 Å². The summed E-state index contributed by atoms with van der Waals surface area (Å²) in [5.74, 6) is -1.22. The number of nitrogens with one attached hydrogen (secondary N) is 1. The Balaban J connectivity index is 2.12. The molecule has 0 fully saturated rings. The normalized spacial score (nSPS) is 11.4. The summed E-state index contributed by atoms with van der Waals surface area (Å²) in [5.41, 5.74) is 8.02. The molecule has 1 heterocycles. The Morgan fingerprint density at radius 2 is 1.76 bits per heavy atom. The highest BCUT2D eigenvalue weighted by atomic mass is 32.2. The van der Waals surface area contributed by atoms with Crippen LogP contribution < -0.4 is 16.7 Å². The van der Waals surface area contributed by atoms with Crippen LogP contribution in [0.1, 0.15) is 10.6 Å². The number of nitrogens with two attached hydrogens (primary N) is 1. The topological polar surface area (TPSA) is 144 Å². The molecular formula is C15H12N4O5S. The second-order valence-electron chi connectivity index (χ2n) is 5.07. The number of para-hydroxylation sites is 1. The predicted octanol–water partition coefficient (Wildman–Crippen LogP) is 0.617. The van der Waals surface area contributed by atoms with Crippen molar-refractivity contribution in [3.05, 3.63) is 64.7 Å². The first-order valence-electron chi connectivity index (χ1n) is 6.93. The number of hydrogen-bond donors (Lipinski definition) is 3. The third-order valence-corrected chi connectivity index (χ3v) is 4.26. The highest BCUT2D eigenvalue weighted by Gasteiger charge is 2.16. The zero-order valence-electron chi connectivity index (χ0n) is 12.6. The van der Waals surface area contributed by atoms with Crippen LogP contribution >= 0.6 is 0 Å². The molecule has 0 aliphatic rings. The van der Waals surface area contributed by atoms with Gasteiger partial charge in [0.1, 0.15) is 0 Å². The number of hydrogen-bond acceptors (Lipinski definition) is 6. The van der Waals surface area contributed by atoms with E-state index in [1.807, 2.05) is 0 Å². The van der Waals surface area contributed by atoms with E-state index in [2.05, 4.69) is 10.4 Å². The Bertz CT molecular complexity index is 1140. The van der Waals surface area contributed by atoms with Gasteiger partial charge in [0.05, 0.1) is 21.5 Å². The van der Waals surface area contributed by atoms with Gasteiger partial charge >= 0.3 is 0 Å². The highest BCUT2D eigenvalue weighted by Crippen LogP contribution is 2.14. The molecule has 2 aromatic carbocycles. The van der Waals surface area contributed by atoms with E-state index in [1.54, 1.807) is 24.3 Å². The number of primary amides is 1. The number of amides is 1. The molecular weight excluding hydrogens is 348 g/mol. The summed E-state index contributed by atoms with van der Waals surface area (Å²) >= 11 is 0. The van der Waals surface area contributed by atoms with Gasteiger partial charge in [-0.25, -0.2) is 4.98 Å². The molecule has 4 N–H and O–H groups in total. The van der Waals surface area contributed by atoms with Gasteiger partial charge in [-0.15, -0.1) is 0 Å². The second kappa shape index (κ2) is 6.00. The van der Waals surface area contributed by atoms with Gasteiger partial charge in [-0.05, 0) is 36.4 Å². The molecule has 1 aromatic heterocycles. The van der Waals surface area contributed by atoms with Crippen LogP contribution in [-0.4, -0.2) is 28.5 Å². The van der Waals surface area contributed by atoms with E-state index in [0.29, 0.717) is 5.52 Å². The minimum absolute atomic E-state index is 0.273. The summed E-state index contributed by atoms with van der Waals surface area (Å²) in [6.45, 7) is 0. The molecule has 10 heteroatoms. The van der Waals surface area contributed by atoms with Gasteiger partial charge in [0.15, 0.2) is 0 Å². The summed E-state index contributed by atoms with van der Waals surface area (Å²) < 4.78 is 32.0. The zero-order chi connectivity index (χ0) is 18.2. The zero-order valence-corrected chi connectivity index (χ0v) is 13.4. The van der Waals surface area contributed by atoms with Crippen LogP contribution in [0.15, 0.2) is 58.2 Å². The highest BCUT2D eigenvalue weighted by molar-refractivity contribution is 7.85. The van der Waals surface area contributed by atoms with Crippen molar-refractivity contribution in [2.75, 3.05) is 5.43 Å². The Morgan fingerprint density at radius 3 is 2.36 bits per heavy atom. The maximum Gasteiger partial charge on any atom is 0.294 e. The fourth-order valence-corrected chi connectivity index (χ4v) is 2.71. The number of nitrogens with zero attached hydrogens (tertiary/aromatic N) is 2. The molecule has 1 amide bonds. The van der Waals surface area contributed by atoms with Crippen molar-refractivity contribution in [2.24, 2.45) is 5.73 Å². The summed E-state index contributed by atoms with van der Waals surface area (Å²) in [6, 6.07) is 11.4. The largest absolute Gasteiger partial charge is 0.363 e. The number of aromatic nitrogens is 2. The van der Waals surface area contributed by atoms with Gasteiger partial charge in [0.25, 0.3) is 21.6 Å². The first-order chi connectivity index (χ1) is 11.8. The summed E-state index contributed by atoms with van der Waals surface area (Å²) in [7, 11) is -4.33. The van der Waals surface area contributed by atoms with Gasteiger partial charge in [-0.1, -0.05) is 12.1 Å². The Labute approximate surface area is 141 Å². The number of carbonyl (C=O) groups is 1. The van der Waals surface area contributed by atoms with Crippen molar-refractivity contribution < 1.29 is 17.8 Å². The van der Waals surface area contributed by atoms with E-state index < -0.39 is 21.6 Å². The molecule has 0 aliphatic carbocycles. The standard InChI is InChI=1S/C15H12N4O5S/c16-13(20)14-17-12-4-2-1-3-11(12)15(21)19(14)18-9-5-7-10(8-6-9)25(22,23)24/h1-8,18H,(H2,16,20)(H,22,23,24). The molecule has 9 nitrogen and oxygen atoms in total. The van der Waals surface area contributed by atoms with Gasteiger partial charge < -0.3 is 5.73 Å². The van der Waals surface area contributed by atoms with Gasteiger partial charge in [0.2, 0.25) is 5.82 Å². The molecule has 3 aromatic rings. The number of carbonyl (C=O) groups excluding carboxylic acids is 1. The maximum atomic E-state index is 12.6. The predicted molar refractivity (Wildman–Crippen MR) is 89.8 cm³/mol. The molecule has 3 rings (SSSR count). The molecule has 0 radical (unpaired) electrons. The Kier molecular flexibility index (Phi) is 3.99. The molecule has 0 aliphatic heterocycles. The van der Waals surface area contributed by atoms with Gasteiger partial charge in [-0.2, -0.15) is 13.1 Å². The van der Waals surface area contributed by atoms with Gasteiger partial charge in [-0.3, -0.25) is 19.6 Å². The third kappa shape index (κ3) is 3.20. The second-order valence-corrected chi connectivity index (χ2v) is 6.49. The lowest BCUT2D eigenvalue weighted by Crippen LogP contribution is -2.35. The van der Waals surface area contributed by atoms with Crippen LogP contribution in [0.4, 0.5) is 5.69 Å². The van der Waals surface area contributed by atoms with E-state index in [0.717, 1.165) is 16.8 Å².